The van der Waals surface area contributed by atoms with Gasteiger partial charge in [-0.15, -0.1) is 0 Å². The first-order valence-corrected chi connectivity index (χ1v) is 9.75. The van der Waals surface area contributed by atoms with Gasteiger partial charge >= 0.3 is 0 Å². The van der Waals surface area contributed by atoms with Crippen LogP contribution in [0.4, 0.5) is 0 Å². The van der Waals surface area contributed by atoms with Gasteiger partial charge in [-0.25, -0.2) is 0 Å². The molecule has 3 aromatic carbocycles. The van der Waals surface area contributed by atoms with Crippen molar-refractivity contribution in [3.63, 3.8) is 0 Å². The number of carbonyl (C=O) groups excluding carboxylic acids is 1. The van der Waals surface area contributed by atoms with Crippen LogP contribution >= 0.6 is 7.37 Å². The smallest absolute Gasteiger partial charge is 0.274 e. The van der Waals surface area contributed by atoms with E-state index in [2.05, 4.69) is 5.32 Å². The molecular formula is C21H18NO3P. The Kier molecular flexibility index (Phi) is 5.47. The predicted molar refractivity (Wildman–Crippen MR) is 104 cm³/mol. The molecule has 5 heteroatoms. The third-order valence-electron chi connectivity index (χ3n) is 3.81. The van der Waals surface area contributed by atoms with E-state index in [0.29, 0.717) is 5.56 Å². The summed E-state index contributed by atoms with van der Waals surface area (Å²) >= 11 is 0. The molecule has 2 N–H and O–H groups in total. The van der Waals surface area contributed by atoms with Crippen LogP contribution < -0.4 is 10.6 Å². The van der Waals surface area contributed by atoms with Gasteiger partial charge in [0.25, 0.3) is 13.3 Å². The van der Waals surface area contributed by atoms with Gasteiger partial charge in [-0.3, -0.25) is 9.36 Å². The molecule has 0 spiro atoms. The topological polar surface area (TPSA) is 66.4 Å². The standard InChI is InChI=1S/C21H18NO3P/c23-21(18-12-6-2-7-13-18)22-20(16-17-10-4-1-5-11-17)26(24,25)19-14-8-3-9-15-19/h1-16H,(H,22,23)(H,24,25). The lowest BCUT2D eigenvalue weighted by Crippen LogP contribution is -2.25. The van der Waals surface area contributed by atoms with E-state index < -0.39 is 13.3 Å². The molecule has 0 aliphatic rings. The summed E-state index contributed by atoms with van der Waals surface area (Å²) in [5, 5.41) is 2.89. The molecule has 1 amide bonds. The highest BCUT2D eigenvalue weighted by Gasteiger charge is 2.28. The van der Waals surface area contributed by atoms with E-state index >= 15 is 0 Å². The molecule has 0 bridgehead atoms. The number of amides is 1. The van der Waals surface area contributed by atoms with Crippen LogP contribution in [0.15, 0.2) is 96.4 Å². The van der Waals surface area contributed by atoms with Crippen LogP contribution in [0.1, 0.15) is 15.9 Å². The SMILES string of the molecule is O=C(NC(=Cc1ccccc1)P(=O)(O)c1ccccc1)c1ccccc1. The van der Waals surface area contributed by atoms with Crippen molar-refractivity contribution in [3.8, 4) is 0 Å². The maximum absolute atomic E-state index is 13.2. The van der Waals surface area contributed by atoms with Gasteiger partial charge in [0.15, 0.2) is 0 Å². The molecule has 0 saturated carbocycles. The molecule has 0 aliphatic carbocycles. The molecule has 0 radical (unpaired) electrons. The highest BCUT2D eigenvalue weighted by Crippen LogP contribution is 2.47. The predicted octanol–water partition coefficient (Wildman–Crippen LogP) is 4.01. The lowest BCUT2D eigenvalue weighted by molar-refractivity contribution is 0.0968. The number of hydrogen-bond acceptors (Lipinski definition) is 2. The number of rotatable bonds is 5. The highest BCUT2D eigenvalue weighted by atomic mass is 31.2. The van der Waals surface area contributed by atoms with E-state index in [-0.39, 0.29) is 10.7 Å². The second kappa shape index (κ2) is 7.96. The summed E-state index contributed by atoms with van der Waals surface area (Å²) in [7, 11) is -3.97. The summed E-state index contributed by atoms with van der Waals surface area (Å²) in [6.07, 6.45) is 1.54. The Hall–Kier alpha value is -2.94. The Morgan fingerprint density at radius 2 is 1.31 bits per heavy atom. The van der Waals surface area contributed by atoms with Gasteiger partial charge in [-0.1, -0.05) is 66.7 Å². The molecule has 0 heterocycles. The van der Waals surface area contributed by atoms with Crippen LogP contribution in [0.25, 0.3) is 6.08 Å². The van der Waals surface area contributed by atoms with Crippen LogP contribution in [0.2, 0.25) is 0 Å². The van der Waals surface area contributed by atoms with Crippen LogP contribution in [0, 0.1) is 0 Å². The van der Waals surface area contributed by atoms with Gasteiger partial charge in [0.05, 0.1) is 0 Å². The Morgan fingerprint density at radius 1 is 0.808 bits per heavy atom. The summed E-state index contributed by atoms with van der Waals surface area (Å²) in [6.45, 7) is 0. The molecule has 3 rings (SSSR count). The maximum Gasteiger partial charge on any atom is 0.274 e. The average Bonchev–Trinajstić information content (AvgIpc) is 2.69. The quantitative estimate of drug-likeness (QED) is 0.673. The molecule has 0 saturated heterocycles. The fourth-order valence-electron chi connectivity index (χ4n) is 2.45. The van der Waals surface area contributed by atoms with Crippen molar-refractivity contribution in [2.45, 2.75) is 0 Å². The Bertz CT molecular complexity index is 954. The van der Waals surface area contributed by atoms with Crippen LogP contribution in [0.3, 0.4) is 0 Å². The van der Waals surface area contributed by atoms with Crippen LogP contribution in [-0.2, 0) is 4.57 Å². The average molecular weight is 363 g/mol. The molecule has 1 unspecified atom stereocenters. The van der Waals surface area contributed by atoms with Crippen molar-refractivity contribution >= 4 is 24.7 Å². The van der Waals surface area contributed by atoms with Crippen LogP contribution in [-0.4, -0.2) is 10.8 Å². The normalized spacial score (nSPS) is 13.7. The summed E-state index contributed by atoms with van der Waals surface area (Å²) in [5.74, 6) is -0.432. The minimum absolute atomic E-state index is 0.0243. The third kappa shape index (κ3) is 4.17. The maximum atomic E-state index is 13.2. The number of benzene rings is 3. The highest BCUT2D eigenvalue weighted by molar-refractivity contribution is 7.70. The van der Waals surface area contributed by atoms with E-state index in [1.807, 2.05) is 18.2 Å². The Morgan fingerprint density at radius 3 is 1.88 bits per heavy atom. The summed E-state index contributed by atoms with van der Waals surface area (Å²) in [6, 6.07) is 26.0. The molecule has 1 atom stereocenters. The van der Waals surface area contributed by atoms with Crippen molar-refractivity contribution in [1.29, 1.82) is 0 Å². The van der Waals surface area contributed by atoms with Crippen molar-refractivity contribution in [3.05, 3.63) is 108 Å². The fraction of sp³-hybridized carbons (Fsp3) is 0. The van der Waals surface area contributed by atoms with Gasteiger partial charge in [-0.2, -0.15) is 0 Å². The van der Waals surface area contributed by atoms with Gasteiger partial charge in [0, 0.05) is 10.9 Å². The minimum atomic E-state index is -3.97. The van der Waals surface area contributed by atoms with Gasteiger partial charge in [-0.05, 0) is 35.9 Å². The number of carbonyl (C=O) groups is 1. The van der Waals surface area contributed by atoms with E-state index in [9.17, 15) is 14.3 Å². The van der Waals surface area contributed by atoms with E-state index in [1.54, 1.807) is 72.8 Å². The zero-order valence-corrected chi connectivity index (χ0v) is 14.8. The largest absolute Gasteiger partial charge is 0.337 e. The third-order valence-corrected chi connectivity index (χ3v) is 5.71. The van der Waals surface area contributed by atoms with Crippen molar-refractivity contribution in [1.82, 2.24) is 5.32 Å². The second-order valence-corrected chi connectivity index (χ2v) is 7.82. The zero-order chi connectivity index (χ0) is 18.4. The Labute approximate surface area is 152 Å². The molecule has 4 nitrogen and oxygen atoms in total. The summed E-state index contributed by atoms with van der Waals surface area (Å²) in [5.41, 5.74) is 1.12. The summed E-state index contributed by atoms with van der Waals surface area (Å²) in [4.78, 5) is 23.3. The molecule has 26 heavy (non-hydrogen) atoms. The number of nitrogens with one attached hydrogen (secondary N) is 1. The van der Waals surface area contributed by atoms with E-state index in [1.165, 1.54) is 6.08 Å². The number of hydrogen-bond donors (Lipinski definition) is 2. The summed E-state index contributed by atoms with van der Waals surface area (Å²) < 4.78 is 13.2. The minimum Gasteiger partial charge on any atom is -0.337 e. The first-order chi connectivity index (χ1) is 12.6. The van der Waals surface area contributed by atoms with E-state index in [0.717, 1.165) is 5.56 Å². The molecule has 130 valence electrons. The zero-order valence-electron chi connectivity index (χ0n) is 13.9. The molecule has 0 fully saturated rings. The van der Waals surface area contributed by atoms with Crippen LogP contribution in [0.5, 0.6) is 0 Å². The van der Waals surface area contributed by atoms with E-state index in [4.69, 9.17) is 0 Å². The van der Waals surface area contributed by atoms with Gasteiger partial charge < -0.3 is 10.2 Å². The molecule has 3 aromatic rings. The van der Waals surface area contributed by atoms with Gasteiger partial charge in [0.1, 0.15) is 5.44 Å². The van der Waals surface area contributed by atoms with Gasteiger partial charge in [0.2, 0.25) is 0 Å². The first kappa shape index (κ1) is 17.9. The Balaban J connectivity index is 2.01. The molecular weight excluding hydrogens is 345 g/mol. The van der Waals surface area contributed by atoms with Crippen molar-refractivity contribution in [2.75, 3.05) is 0 Å². The lowest BCUT2D eigenvalue weighted by atomic mass is 10.2. The fourth-order valence-corrected chi connectivity index (χ4v) is 3.89. The first-order valence-electron chi connectivity index (χ1n) is 8.09. The monoisotopic (exact) mass is 363 g/mol. The van der Waals surface area contributed by atoms with Crippen molar-refractivity contribution in [2.24, 2.45) is 0 Å². The lowest BCUT2D eigenvalue weighted by Gasteiger charge is -2.17. The second-order valence-electron chi connectivity index (χ2n) is 5.67. The molecule has 0 aromatic heterocycles. The van der Waals surface area contributed by atoms with Crippen molar-refractivity contribution < 1.29 is 14.3 Å². The molecule has 0 aliphatic heterocycles.